The number of phenolic OH excluding ortho intramolecular Hbond substituents is 1. The van der Waals surface area contributed by atoms with E-state index < -0.39 is 229 Å². The smallest absolute Gasteiger partial charge is 0.460 e. The van der Waals surface area contributed by atoms with Crippen molar-refractivity contribution in [3.63, 3.8) is 0 Å². The largest absolute Gasteiger partial charge is 0.508 e. The lowest BCUT2D eigenvalue weighted by Crippen LogP contribution is -2.76. The summed E-state index contributed by atoms with van der Waals surface area (Å²) < 4.78 is 264. The van der Waals surface area contributed by atoms with E-state index in [0.29, 0.717) is 6.92 Å². The number of nitrogens with two attached hydrogens (primary N) is 1. The molecule has 0 unspecified atom stereocenters. The quantitative estimate of drug-likeness (QED) is 0.0420. The van der Waals surface area contributed by atoms with Crippen LogP contribution in [0.15, 0.2) is 24.3 Å². The molecule has 0 saturated carbocycles. The predicted molar refractivity (Wildman–Crippen MR) is 291 cm³/mol. The summed E-state index contributed by atoms with van der Waals surface area (Å²) in [5, 5.41) is 55.8. The lowest BCUT2D eigenvalue weighted by Gasteiger charge is -2.43. The van der Waals surface area contributed by atoms with Gasteiger partial charge in [-0.05, 0) is 56.7 Å². The first-order valence-electron chi connectivity index (χ1n) is 28.3. The van der Waals surface area contributed by atoms with Gasteiger partial charge in [-0.1, -0.05) is 52.7 Å². The van der Waals surface area contributed by atoms with E-state index in [9.17, 15) is 156 Å². The summed E-state index contributed by atoms with van der Waals surface area (Å²) in [4.78, 5) is 156. The first kappa shape index (κ1) is 87.3. The van der Waals surface area contributed by atoms with Crippen LogP contribution in [0.25, 0.3) is 0 Å². The standard InChI is InChI=1S/C53H67F19N10O16/c1-8-20(3)34(43(97)80-30(18-33(88)89)41(95)78-28(16-25-10-12-26(83)13-11-25)42(96)82-35(21(4)9-2)44(98)79-29(17-32(86)87)40(94)75-22(5)36(73)90)81-38(92)24(7)76-37(91)23(6)77-39(93)27(14-15-31(84)85)74-19-45(54,55)46(56,57)47(58,59)48(60,61)49(62,63)50(64,65)51(66,67)52(68,69)53(70,71)72/h10-13,20-24,27-30,34-35,74,83H,8-9,14-19H2,1-7H3,(H2,73,90)(H,75,94)(H,76,91)(H,77,93)(H,78,95)(H,79,98)(H,80,97)(H,81,92)(H,82,96)(H,84,85)(H,86,87)(H,88,89)/t20-,21-,22-,23-,24-,27-,28-,29-,30-,34-,35-/m0/s1. The number of nitrogens with one attached hydrogen (secondary N) is 9. The Labute approximate surface area is 540 Å². The molecule has 26 nitrogen and oxygen atoms in total. The molecule has 98 heavy (non-hydrogen) atoms. The molecule has 0 bridgehead atoms. The molecule has 0 aliphatic carbocycles. The maximum atomic E-state index is 14.9. The van der Waals surface area contributed by atoms with Gasteiger partial charge in [0.05, 0.1) is 25.4 Å². The molecule has 0 heterocycles. The number of carbonyl (C=O) groups is 12. The Morgan fingerprint density at radius 1 is 0.408 bits per heavy atom. The van der Waals surface area contributed by atoms with E-state index in [1.54, 1.807) is 5.32 Å². The van der Waals surface area contributed by atoms with Gasteiger partial charge in [0.2, 0.25) is 53.2 Å². The Hall–Kier alpha value is -8.71. The molecule has 0 saturated heterocycles. The first-order chi connectivity index (χ1) is 44.3. The molecule has 558 valence electrons. The molecular weight excluding hydrogens is 1390 g/mol. The van der Waals surface area contributed by atoms with Crippen molar-refractivity contribution < 1.29 is 161 Å². The van der Waals surface area contributed by atoms with Gasteiger partial charge >= 0.3 is 71.5 Å². The zero-order chi connectivity index (χ0) is 76.8. The fourth-order valence-electron chi connectivity index (χ4n) is 8.09. The molecule has 9 amide bonds. The number of rotatable bonds is 40. The van der Waals surface area contributed by atoms with Gasteiger partial charge in [-0.25, -0.2) is 0 Å². The number of carboxylic acid groups (broad SMARTS) is 3. The molecule has 1 aromatic rings. The van der Waals surface area contributed by atoms with Crippen molar-refractivity contribution in [1.82, 2.24) is 47.9 Å². The number of halogens is 19. The fraction of sp³-hybridized carbons (Fsp3) is 0.660. The van der Waals surface area contributed by atoms with E-state index >= 15 is 0 Å². The zero-order valence-corrected chi connectivity index (χ0v) is 51.8. The number of phenols is 1. The normalized spacial score (nSPS) is 16.3. The number of hydrogen-bond donors (Lipinski definition) is 14. The van der Waals surface area contributed by atoms with Crippen LogP contribution in [-0.2, 0) is 64.0 Å². The number of carbonyl (C=O) groups excluding carboxylic acids is 9. The maximum Gasteiger partial charge on any atom is 0.460 e. The van der Waals surface area contributed by atoms with Gasteiger partial charge in [-0.3, -0.25) is 62.9 Å². The van der Waals surface area contributed by atoms with Crippen molar-refractivity contribution in [1.29, 1.82) is 0 Å². The number of alkyl halides is 19. The monoisotopic (exact) mass is 1460 g/mol. The zero-order valence-electron chi connectivity index (χ0n) is 51.8. The van der Waals surface area contributed by atoms with Gasteiger partial charge < -0.3 is 68.7 Å². The summed E-state index contributed by atoms with van der Waals surface area (Å²) in [5.74, 6) is -89.4. The lowest BCUT2D eigenvalue weighted by molar-refractivity contribution is -0.468. The summed E-state index contributed by atoms with van der Waals surface area (Å²) in [6.45, 7) is 4.85. The molecular formula is C53H67F19N10O16. The number of aliphatic carboxylic acids is 3. The highest BCUT2D eigenvalue weighted by Gasteiger charge is 2.96. The SMILES string of the molecule is CC[C@H](C)[C@H](NC(=O)[C@H](C)NC(=O)[C@H](C)NC(=O)[C@H](CCC(=O)O)NCC(F)(F)C(F)(F)C(F)(F)C(F)(F)C(F)(F)C(F)(F)C(F)(F)C(F)(F)C(F)(F)F)C(=O)N[C@@H](CC(=O)O)C(=O)N[C@@H](Cc1ccc(O)cc1)C(=O)N[C@H](C(=O)N[C@@H](CC(=O)O)C(=O)N[C@@H](C)C(N)=O)[C@@H](C)CC. The number of primary amides is 1. The third kappa shape index (κ3) is 20.9. The minimum Gasteiger partial charge on any atom is -0.508 e. The molecule has 11 atom stereocenters. The Kier molecular flexibility index (Phi) is 30.0. The van der Waals surface area contributed by atoms with E-state index in [4.69, 9.17) is 10.8 Å². The van der Waals surface area contributed by atoms with Crippen LogP contribution >= 0.6 is 0 Å². The molecule has 0 fully saturated rings. The molecule has 0 radical (unpaired) electrons. The van der Waals surface area contributed by atoms with Gasteiger partial charge in [-0.15, -0.1) is 0 Å². The van der Waals surface area contributed by atoms with Crippen molar-refractivity contribution in [2.75, 3.05) is 6.54 Å². The van der Waals surface area contributed by atoms with Gasteiger partial charge in [0.1, 0.15) is 54.1 Å². The second-order valence-corrected chi connectivity index (χ2v) is 22.2. The highest BCUT2D eigenvalue weighted by atomic mass is 19.4. The molecule has 0 aliphatic rings. The van der Waals surface area contributed by atoms with Crippen LogP contribution in [0, 0.1) is 11.8 Å². The van der Waals surface area contributed by atoms with E-state index in [2.05, 4.69) is 31.9 Å². The van der Waals surface area contributed by atoms with Crippen LogP contribution in [0.3, 0.4) is 0 Å². The number of hydrogen-bond acceptors (Lipinski definition) is 14. The summed E-state index contributed by atoms with van der Waals surface area (Å²) in [5.41, 5.74) is 5.34. The summed E-state index contributed by atoms with van der Waals surface area (Å²) >= 11 is 0. The number of benzene rings is 1. The molecule has 1 aromatic carbocycles. The fourth-order valence-corrected chi connectivity index (χ4v) is 8.09. The minimum absolute atomic E-state index is 0.0456. The third-order valence-corrected chi connectivity index (χ3v) is 14.6. The summed E-state index contributed by atoms with van der Waals surface area (Å²) in [6, 6.07) is -12.9. The van der Waals surface area contributed by atoms with Crippen molar-refractivity contribution in [2.45, 2.75) is 201 Å². The third-order valence-electron chi connectivity index (χ3n) is 14.6. The van der Waals surface area contributed by atoms with Crippen LogP contribution in [0.5, 0.6) is 5.75 Å². The topological polar surface area (TPSA) is 420 Å². The Balaban J connectivity index is 3.54. The van der Waals surface area contributed by atoms with Gasteiger partial charge in [0.25, 0.3) is 0 Å². The molecule has 45 heteroatoms. The van der Waals surface area contributed by atoms with Gasteiger partial charge in [-0.2, -0.15) is 83.4 Å². The van der Waals surface area contributed by atoms with Crippen LogP contribution in [0.4, 0.5) is 83.4 Å². The number of amides is 9. The lowest BCUT2D eigenvalue weighted by atomic mass is 9.87. The number of carboxylic acids is 3. The van der Waals surface area contributed by atoms with Crippen LogP contribution in [-0.4, -0.2) is 206 Å². The summed E-state index contributed by atoms with van der Waals surface area (Å²) in [7, 11) is 0. The second kappa shape index (κ2) is 33.7. The Bertz CT molecular complexity index is 3060. The minimum atomic E-state index is -9.23. The van der Waals surface area contributed by atoms with Crippen LogP contribution in [0.1, 0.15) is 92.6 Å². The van der Waals surface area contributed by atoms with Crippen molar-refractivity contribution in [2.24, 2.45) is 17.6 Å². The second-order valence-electron chi connectivity index (χ2n) is 22.2. The molecule has 15 N–H and O–H groups in total. The average molecular weight is 1460 g/mol. The Morgan fingerprint density at radius 3 is 1.11 bits per heavy atom. The Morgan fingerprint density at radius 2 is 0.735 bits per heavy atom. The van der Waals surface area contributed by atoms with E-state index in [-0.39, 0.29) is 24.2 Å². The first-order valence-corrected chi connectivity index (χ1v) is 28.3. The van der Waals surface area contributed by atoms with Crippen molar-refractivity contribution >= 4 is 71.1 Å². The van der Waals surface area contributed by atoms with E-state index in [1.165, 1.54) is 39.8 Å². The van der Waals surface area contributed by atoms with Gasteiger partial charge in [0, 0.05) is 12.8 Å². The molecule has 0 aliphatic heterocycles. The predicted octanol–water partition coefficient (Wildman–Crippen LogP) is 2.87. The molecule has 0 aromatic heterocycles. The highest BCUT2D eigenvalue weighted by molar-refractivity contribution is 5.99. The van der Waals surface area contributed by atoms with E-state index in [1.807, 2.05) is 5.32 Å². The van der Waals surface area contributed by atoms with Crippen LogP contribution in [0.2, 0.25) is 0 Å². The van der Waals surface area contributed by atoms with Gasteiger partial charge in [0.15, 0.2) is 0 Å². The molecule has 1 rings (SSSR count). The van der Waals surface area contributed by atoms with Crippen LogP contribution < -0.4 is 53.6 Å². The molecule has 0 spiro atoms. The number of aromatic hydroxyl groups is 1. The maximum absolute atomic E-state index is 14.9. The highest BCUT2D eigenvalue weighted by Crippen LogP contribution is 2.65. The average Bonchev–Trinajstić information content (AvgIpc) is 0.692. The van der Waals surface area contributed by atoms with Crippen molar-refractivity contribution in [3.05, 3.63) is 29.8 Å². The van der Waals surface area contributed by atoms with E-state index in [0.717, 1.165) is 31.3 Å². The van der Waals surface area contributed by atoms with Crippen molar-refractivity contribution in [3.8, 4) is 5.75 Å². The summed E-state index contributed by atoms with van der Waals surface area (Å²) in [6.07, 6.45) is -13.9.